The molecule has 11 heteroatoms. The first-order valence-corrected chi connectivity index (χ1v) is 7.67. The summed E-state index contributed by atoms with van der Waals surface area (Å²) in [5.41, 5.74) is 0.423. The van der Waals surface area contributed by atoms with E-state index >= 15 is 0 Å². The van der Waals surface area contributed by atoms with Gasteiger partial charge in [-0.3, -0.25) is 0 Å². The first-order valence-electron chi connectivity index (χ1n) is 6.91. The van der Waals surface area contributed by atoms with Crippen LogP contribution in [-0.4, -0.2) is 31.5 Å². The van der Waals surface area contributed by atoms with E-state index in [1.165, 1.54) is 30.3 Å². The molecule has 0 aliphatic heterocycles. The smallest absolute Gasteiger partial charge is 0.387 e. The standard InChI is InChI=1S/C14H10Cl2F3N5O/c15-8-3-7(4-9(16)5-8)10(25)6-20-11-1-2-12-21-22-13(14(17,18)19)24(12)23-11/h1-5,10,25H,6H2,(H,20,23). The number of nitrogens with zero attached hydrogens (tertiary/aromatic N) is 4. The largest absolute Gasteiger partial charge is 0.453 e. The predicted molar refractivity (Wildman–Crippen MR) is 85.7 cm³/mol. The number of anilines is 1. The van der Waals surface area contributed by atoms with Crippen LogP contribution in [-0.2, 0) is 6.18 Å². The molecule has 25 heavy (non-hydrogen) atoms. The van der Waals surface area contributed by atoms with Crippen molar-refractivity contribution in [3.8, 4) is 0 Å². The van der Waals surface area contributed by atoms with Crippen molar-refractivity contribution >= 4 is 34.7 Å². The minimum absolute atomic E-state index is 0.0152. The highest BCUT2D eigenvalue weighted by atomic mass is 35.5. The molecule has 1 unspecified atom stereocenters. The van der Waals surface area contributed by atoms with Crippen molar-refractivity contribution in [2.75, 3.05) is 11.9 Å². The van der Waals surface area contributed by atoms with Gasteiger partial charge in [-0.15, -0.1) is 15.3 Å². The van der Waals surface area contributed by atoms with Crippen LogP contribution in [0.5, 0.6) is 0 Å². The van der Waals surface area contributed by atoms with E-state index in [0.29, 0.717) is 20.1 Å². The second-order valence-corrected chi connectivity index (χ2v) is 5.98. The van der Waals surface area contributed by atoms with Crippen LogP contribution < -0.4 is 5.32 Å². The predicted octanol–water partition coefficient (Wildman–Crippen LogP) is 3.60. The third-order valence-electron chi connectivity index (χ3n) is 3.26. The van der Waals surface area contributed by atoms with Gasteiger partial charge in [0, 0.05) is 16.6 Å². The van der Waals surface area contributed by atoms with Crippen LogP contribution in [0.2, 0.25) is 10.0 Å². The number of rotatable bonds is 4. The van der Waals surface area contributed by atoms with Crippen molar-refractivity contribution in [1.29, 1.82) is 0 Å². The van der Waals surface area contributed by atoms with E-state index in [-0.39, 0.29) is 18.0 Å². The number of halogens is 5. The van der Waals surface area contributed by atoms with Crippen molar-refractivity contribution in [2.24, 2.45) is 0 Å². The third kappa shape index (κ3) is 3.94. The van der Waals surface area contributed by atoms with Gasteiger partial charge >= 0.3 is 6.18 Å². The quantitative estimate of drug-likeness (QED) is 0.710. The summed E-state index contributed by atoms with van der Waals surface area (Å²) >= 11 is 11.7. The van der Waals surface area contributed by atoms with E-state index in [9.17, 15) is 18.3 Å². The molecule has 0 amide bonds. The number of hydrogen-bond donors (Lipinski definition) is 2. The third-order valence-corrected chi connectivity index (χ3v) is 3.70. The van der Waals surface area contributed by atoms with E-state index in [1.54, 1.807) is 0 Å². The molecule has 0 spiro atoms. The van der Waals surface area contributed by atoms with Crippen LogP contribution in [0, 0.1) is 0 Å². The lowest BCUT2D eigenvalue weighted by Gasteiger charge is -2.13. The van der Waals surface area contributed by atoms with Gasteiger partial charge in [-0.1, -0.05) is 23.2 Å². The van der Waals surface area contributed by atoms with Gasteiger partial charge in [-0.2, -0.15) is 17.7 Å². The van der Waals surface area contributed by atoms with E-state index in [0.717, 1.165) is 0 Å². The van der Waals surface area contributed by atoms with Crippen LogP contribution in [0.1, 0.15) is 17.5 Å². The lowest BCUT2D eigenvalue weighted by molar-refractivity contribution is -0.146. The summed E-state index contributed by atoms with van der Waals surface area (Å²) in [7, 11) is 0. The molecular formula is C14H10Cl2F3N5O. The van der Waals surface area contributed by atoms with E-state index < -0.39 is 18.1 Å². The molecule has 132 valence electrons. The molecule has 0 aliphatic rings. The number of aliphatic hydroxyl groups excluding tert-OH is 1. The summed E-state index contributed by atoms with van der Waals surface area (Å²) in [4.78, 5) is 0. The van der Waals surface area contributed by atoms with Crippen molar-refractivity contribution < 1.29 is 18.3 Å². The van der Waals surface area contributed by atoms with Gasteiger partial charge in [0.05, 0.1) is 6.10 Å². The molecule has 1 atom stereocenters. The van der Waals surface area contributed by atoms with Crippen molar-refractivity contribution in [3.63, 3.8) is 0 Å². The van der Waals surface area contributed by atoms with Crippen LogP contribution in [0.4, 0.5) is 19.0 Å². The Morgan fingerprint density at radius 3 is 2.44 bits per heavy atom. The average molecular weight is 392 g/mol. The number of aromatic nitrogens is 4. The molecule has 2 heterocycles. The minimum atomic E-state index is -4.68. The van der Waals surface area contributed by atoms with Gasteiger partial charge < -0.3 is 10.4 Å². The Bertz CT molecular complexity index is 895. The lowest BCUT2D eigenvalue weighted by atomic mass is 10.1. The maximum absolute atomic E-state index is 12.8. The Labute approximate surface area is 149 Å². The summed E-state index contributed by atoms with van der Waals surface area (Å²) in [6.07, 6.45) is -5.67. The van der Waals surface area contributed by atoms with E-state index in [1.807, 2.05) is 0 Å². The van der Waals surface area contributed by atoms with Crippen molar-refractivity contribution in [1.82, 2.24) is 19.8 Å². The number of aliphatic hydroxyl groups is 1. The Morgan fingerprint density at radius 1 is 1.12 bits per heavy atom. The maximum Gasteiger partial charge on any atom is 0.453 e. The Hall–Kier alpha value is -2.10. The molecule has 0 fully saturated rings. The molecule has 6 nitrogen and oxygen atoms in total. The Morgan fingerprint density at radius 2 is 1.80 bits per heavy atom. The average Bonchev–Trinajstić information content (AvgIpc) is 2.94. The fourth-order valence-corrected chi connectivity index (χ4v) is 2.69. The number of hydrogen-bond acceptors (Lipinski definition) is 5. The maximum atomic E-state index is 12.8. The minimum Gasteiger partial charge on any atom is -0.387 e. The molecule has 0 aliphatic carbocycles. The molecule has 0 saturated heterocycles. The summed E-state index contributed by atoms with van der Waals surface area (Å²) < 4.78 is 39.1. The molecule has 0 bridgehead atoms. The molecule has 0 saturated carbocycles. The van der Waals surface area contributed by atoms with Gasteiger partial charge in [0.1, 0.15) is 5.82 Å². The zero-order valence-corrected chi connectivity index (χ0v) is 13.8. The molecule has 1 aromatic carbocycles. The highest BCUT2D eigenvalue weighted by molar-refractivity contribution is 6.34. The van der Waals surface area contributed by atoms with E-state index in [2.05, 4.69) is 20.6 Å². The normalized spacial score (nSPS) is 13.2. The summed E-state index contributed by atoms with van der Waals surface area (Å²) in [5, 5.41) is 23.9. The second kappa shape index (κ2) is 6.66. The SMILES string of the molecule is OC(CNc1ccc2nnc(C(F)(F)F)n2n1)c1cc(Cl)cc(Cl)c1. The van der Waals surface area contributed by atoms with Gasteiger partial charge in [0.2, 0.25) is 0 Å². The molecule has 0 radical (unpaired) electrons. The van der Waals surface area contributed by atoms with Crippen LogP contribution in [0.15, 0.2) is 30.3 Å². The summed E-state index contributed by atoms with van der Waals surface area (Å²) in [5.74, 6) is -1.11. The number of alkyl halides is 3. The number of nitrogens with one attached hydrogen (secondary N) is 1. The van der Waals surface area contributed by atoms with Gasteiger partial charge in [-0.05, 0) is 35.9 Å². The Balaban J connectivity index is 1.79. The zero-order chi connectivity index (χ0) is 18.2. The first kappa shape index (κ1) is 17.7. The van der Waals surface area contributed by atoms with Crippen LogP contribution >= 0.6 is 23.2 Å². The second-order valence-electron chi connectivity index (χ2n) is 5.11. The monoisotopic (exact) mass is 391 g/mol. The highest BCUT2D eigenvalue weighted by Crippen LogP contribution is 2.28. The van der Waals surface area contributed by atoms with Crippen molar-refractivity contribution in [3.05, 3.63) is 51.8 Å². The fourth-order valence-electron chi connectivity index (χ4n) is 2.15. The molecule has 3 rings (SSSR count). The topological polar surface area (TPSA) is 75.3 Å². The molecule has 3 aromatic rings. The number of fused-ring (bicyclic) bond motifs is 1. The van der Waals surface area contributed by atoms with Crippen molar-refractivity contribution in [2.45, 2.75) is 12.3 Å². The Kier molecular flexibility index (Phi) is 4.72. The van der Waals surface area contributed by atoms with Gasteiger partial charge in [0.15, 0.2) is 5.65 Å². The molecule has 2 aromatic heterocycles. The van der Waals surface area contributed by atoms with Crippen LogP contribution in [0.3, 0.4) is 0 Å². The first-order chi connectivity index (χ1) is 11.7. The molecular weight excluding hydrogens is 382 g/mol. The van der Waals surface area contributed by atoms with Gasteiger partial charge in [-0.25, -0.2) is 0 Å². The summed E-state index contributed by atoms with van der Waals surface area (Å²) in [6.45, 7) is -0.0152. The van der Waals surface area contributed by atoms with Gasteiger partial charge in [0.25, 0.3) is 5.82 Å². The highest BCUT2D eigenvalue weighted by Gasteiger charge is 2.37. The zero-order valence-electron chi connectivity index (χ0n) is 12.3. The lowest BCUT2D eigenvalue weighted by Crippen LogP contribution is -2.16. The number of benzene rings is 1. The summed E-state index contributed by atoms with van der Waals surface area (Å²) in [6, 6.07) is 7.37. The van der Waals surface area contributed by atoms with Crippen LogP contribution in [0.25, 0.3) is 5.65 Å². The fraction of sp³-hybridized carbons (Fsp3) is 0.214. The van der Waals surface area contributed by atoms with E-state index in [4.69, 9.17) is 23.2 Å². The molecule has 2 N–H and O–H groups in total.